The van der Waals surface area contributed by atoms with Crippen molar-refractivity contribution in [3.8, 4) is 5.75 Å². The molecule has 1 N–H and O–H groups in total. The van der Waals surface area contributed by atoms with Crippen molar-refractivity contribution >= 4 is 39.9 Å². The zero-order valence-corrected chi connectivity index (χ0v) is 14.8. The fraction of sp³-hybridized carbons (Fsp3) is 0.250. The van der Waals surface area contributed by atoms with Crippen LogP contribution in [-0.2, 0) is 4.79 Å². The van der Waals surface area contributed by atoms with Gasteiger partial charge in [0.25, 0.3) is 5.91 Å². The van der Waals surface area contributed by atoms with E-state index >= 15 is 0 Å². The molecule has 1 aromatic heterocycles. The second kappa shape index (κ2) is 9.19. The number of ketones is 1. The van der Waals surface area contributed by atoms with E-state index in [2.05, 4.69) is 22.1 Å². The first-order valence-corrected chi connectivity index (χ1v) is 9.05. The fourth-order valence-electron chi connectivity index (χ4n) is 1.69. The lowest BCUT2D eigenvalue weighted by Gasteiger charge is -2.06. The topological polar surface area (TPSA) is 81.2 Å². The van der Waals surface area contributed by atoms with Crippen LogP contribution in [-0.4, -0.2) is 34.2 Å². The highest BCUT2D eigenvalue weighted by Crippen LogP contribution is 2.25. The number of carbonyl (C=O) groups is 2. The van der Waals surface area contributed by atoms with Crippen molar-refractivity contribution in [1.82, 2.24) is 10.2 Å². The molecule has 0 aliphatic heterocycles. The molecule has 0 saturated carbocycles. The van der Waals surface area contributed by atoms with Gasteiger partial charge in [-0.1, -0.05) is 36.1 Å². The molecule has 1 heterocycles. The molecular formula is C16H17N3O3S2. The number of ether oxygens (including phenoxy) is 1. The predicted octanol–water partition coefficient (Wildman–Crippen LogP) is 3.43. The van der Waals surface area contributed by atoms with Crippen LogP contribution in [0, 0.1) is 0 Å². The summed E-state index contributed by atoms with van der Waals surface area (Å²) < 4.78 is 6.16. The molecule has 2 rings (SSSR count). The summed E-state index contributed by atoms with van der Waals surface area (Å²) in [5.41, 5.74) is 0.632. The third kappa shape index (κ3) is 5.47. The summed E-state index contributed by atoms with van der Waals surface area (Å²) in [5, 5.41) is 10.9. The number of hydrogen-bond acceptors (Lipinski definition) is 7. The molecule has 0 saturated heterocycles. The summed E-state index contributed by atoms with van der Waals surface area (Å²) in [4.78, 5) is 23.4. The van der Waals surface area contributed by atoms with Crippen molar-refractivity contribution in [2.24, 2.45) is 0 Å². The SMILES string of the molecule is C=CCSc1nnc(NC(=O)COc2ccc(C(=O)CC)cc2)s1. The van der Waals surface area contributed by atoms with E-state index in [-0.39, 0.29) is 18.3 Å². The van der Waals surface area contributed by atoms with Crippen LogP contribution in [0.25, 0.3) is 0 Å². The van der Waals surface area contributed by atoms with Gasteiger partial charge >= 0.3 is 0 Å². The smallest absolute Gasteiger partial charge is 0.264 e. The molecule has 0 radical (unpaired) electrons. The standard InChI is InChI=1S/C16H17N3O3S2/c1-3-9-23-16-19-18-15(24-16)17-14(21)10-22-12-7-5-11(6-8-12)13(20)4-2/h3,5-8H,1,4,9-10H2,2H3,(H,17,18,21). The Balaban J connectivity index is 1.81. The van der Waals surface area contributed by atoms with Gasteiger partial charge < -0.3 is 4.74 Å². The van der Waals surface area contributed by atoms with E-state index in [1.807, 2.05) is 6.92 Å². The number of Topliss-reactive ketones (excluding diaryl/α,β-unsaturated/α-hetero) is 1. The molecule has 0 fully saturated rings. The van der Waals surface area contributed by atoms with Crippen LogP contribution in [0.4, 0.5) is 5.13 Å². The van der Waals surface area contributed by atoms with Gasteiger partial charge in [-0.25, -0.2) is 0 Å². The molecule has 2 aromatic rings. The Morgan fingerprint density at radius 3 is 2.75 bits per heavy atom. The van der Waals surface area contributed by atoms with Crippen LogP contribution < -0.4 is 10.1 Å². The molecule has 126 valence electrons. The Bertz CT molecular complexity index is 714. The molecule has 0 unspecified atom stereocenters. The molecule has 6 nitrogen and oxygen atoms in total. The number of thioether (sulfide) groups is 1. The molecule has 0 spiro atoms. The first-order valence-electron chi connectivity index (χ1n) is 7.25. The Labute approximate surface area is 148 Å². The van der Waals surface area contributed by atoms with Crippen LogP contribution in [0.5, 0.6) is 5.75 Å². The van der Waals surface area contributed by atoms with Gasteiger partial charge in [-0.3, -0.25) is 14.9 Å². The average molecular weight is 363 g/mol. The van der Waals surface area contributed by atoms with E-state index in [0.29, 0.717) is 22.9 Å². The lowest BCUT2D eigenvalue weighted by Crippen LogP contribution is -2.20. The largest absolute Gasteiger partial charge is 0.484 e. The van der Waals surface area contributed by atoms with Crippen LogP contribution in [0.2, 0.25) is 0 Å². The number of nitrogens with zero attached hydrogens (tertiary/aromatic N) is 2. The number of amides is 1. The average Bonchev–Trinajstić information content (AvgIpc) is 3.05. The van der Waals surface area contributed by atoms with E-state index in [0.717, 1.165) is 10.1 Å². The summed E-state index contributed by atoms with van der Waals surface area (Å²) >= 11 is 2.80. The summed E-state index contributed by atoms with van der Waals surface area (Å²) in [5.74, 6) is 1.01. The number of nitrogens with one attached hydrogen (secondary N) is 1. The minimum Gasteiger partial charge on any atom is -0.484 e. The predicted molar refractivity (Wildman–Crippen MR) is 96.0 cm³/mol. The third-order valence-electron chi connectivity index (χ3n) is 2.84. The van der Waals surface area contributed by atoms with Gasteiger partial charge in [-0.2, -0.15) is 0 Å². The summed E-state index contributed by atoms with van der Waals surface area (Å²) in [6, 6.07) is 6.72. The van der Waals surface area contributed by atoms with Gasteiger partial charge in [0.05, 0.1) is 0 Å². The summed E-state index contributed by atoms with van der Waals surface area (Å²) in [7, 11) is 0. The molecule has 24 heavy (non-hydrogen) atoms. The maximum atomic E-state index is 11.9. The normalized spacial score (nSPS) is 10.2. The summed E-state index contributed by atoms with van der Waals surface area (Å²) in [6.07, 6.45) is 2.23. The van der Waals surface area contributed by atoms with Crippen molar-refractivity contribution in [2.45, 2.75) is 17.7 Å². The van der Waals surface area contributed by atoms with Gasteiger partial charge in [0.2, 0.25) is 5.13 Å². The van der Waals surface area contributed by atoms with Gasteiger partial charge in [0, 0.05) is 17.7 Å². The Morgan fingerprint density at radius 1 is 1.33 bits per heavy atom. The molecule has 0 aliphatic rings. The number of rotatable bonds is 9. The number of aromatic nitrogens is 2. The quantitative estimate of drug-likeness (QED) is 0.318. The highest BCUT2D eigenvalue weighted by atomic mass is 32.2. The van der Waals surface area contributed by atoms with Crippen molar-refractivity contribution in [3.63, 3.8) is 0 Å². The van der Waals surface area contributed by atoms with Crippen LogP contribution in [0.3, 0.4) is 0 Å². The van der Waals surface area contributed by atoms with Crippen LogP contribution in [0.15, 0.2) is 41.3 Å². The highest BCUT2D eigenvalue weighted by Gasteiger charge is 2.09. The maximum Gasteiger partial charge on any atom is 0.264 e. The molecular weight excluding hydrogens is 346 g/mol. The molecule has 8 heteroatoms. The lowest BCUT2D eigenvalue weighted by atomic mass is 10.1. The molecule has 1 amide bonds. The second-order valence-electron chi connectivity index (χ2n) is 4.61. The van der Waals surface area contributed by atoms with Gasteiger partial charge in [0.15, 0.2) is 16.7 Å². The Morgan fingerprint density at radius 2 is 2.08 bits per heavy atom. The first kappa shape index (κ1) is 18.2. The van der Waals surface area contributed by atoms with Gasteiger partial charge in [0.1, 0.15) is 5.75 Å². The lowest BCUT2D eigenvalue weighted by molar-refractivity contribution is -0.118. The number of benzene rings is 1. The van der Waals surface area contributed by atoms with Gasteiger partial charge in [-0.15, -0.1) is 16.8 Å². The van der Waals surface area contributed by atoms with E-state index < -0.39 is 0 Å². The zero-order chi connectivity index (χ0) is 17.4. The minimum atomic E-state index is -0.319. The van der Waals surface area contributed by atoms with E-state index in [1.54, 1.807) is 30.3 Å². The Hall–Kier alpha value is -2.19. The molecule has 0 bridgehead atoms. The van der Waals surface area contributed by atoms with E-state index in [4.69, 9.17) is 4.74 Å². The molecule has 0 atom stereocenters. The fourth-order valence-corrected chi connectivity index (χ4v) is 3.22. The van der Waals surface area contributed by atoms with Crippen molar-refractivity contribution in [1.29, 1.82) is 0 Å². The highest BCUT2D eigenvalue weighted by molar-refractivity contribution is 8.01. The third-order valence-corrected chi connectivity index (χ3v) is 4.81. The van der Waals surface area contributed by atoms with Crippen LogP contribution >= 0.6 is 23.1 Å². The van der Waals surface area contributed by atoms with Crippen LogP contribution in [0.1, 0.15) is 23.7 Å². The van der Waals surface area contributed by atoms with E-state index in [9.17, 15) is 9.59 Å². The van der Waals surface area contributed by atoms with Crippen molar-refractivity contribution < 1.29 is 14.3 Å². The molecule has 1 aromatic carbocycles. The second-order valence-corrected chi connectivity index (χ2v) is 6.86. The van der Waals surface area contributed by atoms with Gasteiger partial charge in [-0.05, 0) is 24.3 Å². The first-order chi connectivity index (χ1) is 11.6. The number of anilines is 1. The van der Waals surface area contributed by atoms with Crippen molar-refractivity contribution in [3.05, 3.63) is 42.5 Å². The minimum absolute atomic E-state index is 0.0701. The number of hydrogen-bond donors (Lipinski definition) is 1. The monoisotopic (exact) mass is 363 g/mol. The maximum absolute atomic E-state index is 11.9. The Kier molecular flexibility index (Phi) is 6.95. The zero-order valence-electron chi connectivity index (χ0n) is 13.2. The number of carbonyl (C=O) groups excluding carboxylic acids is 2. The molecule has 0 aliphatic carbocycles. The van der Waals surface area contributed by atoms with Crippen molar-refractivity contribution in [2.75, 3.05) is 17.7 Å². The summed E-state index contributed by atoms with van der Waals surface area (Å²) in [6.45, 7) is 5.30. The van der Waals surface area contributed by atoms with E-state index in [1.165, 1.54) is 23.1 Å².